The first kappa shape index (κ1) is 22.5. The molecule has 3 amide bonds. The highest BCUT2D eigenvalue weighted by atomic mass is 16.5. The largest absolute Gasteiger partial charge is 0.497 e. The molecule has 7 nitrogen and oxygen atoms in total. The second-order valence-electron chi connectivity index (χ2n) is 9.93. The number of aryl methyl sites for hydroxylation is 1. The maximum atomic E-state index is 14.7. The number of hydrogen-bond acceptors (Lipinski definition) is 5. The fraction of sp³-hybridized carbons (Fsp3) is 0.276. The molecular weight excluding hydrogens is 454 g/mol. The molecule has 3 atom stereocenters. The van der Waals surface area contributed by atoms with Gasteiger partial charge in [0.25, 0.3) is 5.91 Å². The topological polar surface area (TPSA) is 79.0 Å². The number of hydrogen-bond donors (Lipinski definition) is 1. The lowest BCUT2D eigenvalue weighted by atomic mass is 9.60. The lowest BCUT2D eigenvalue weighted by molar-refractivity contribution is -0.142. The zero-order chi connectivity index (χ0) is 25.2. The number of fused-ring (bicyclic) bond motifs is 3. The average Bonchev–Trinajstić information content (AvgIpc) is 3.43. The van der Waals surface area contributed by atoms with E-state index in [9.17, 15) is 14.4 Å². The Hall–Kier alpha value is -3.97. The van der Waals surface area contributed by atoms with Gasteiger partial charge in [-0.05, 0) is 49.9 Å². The number of ether oxygens (including phenoxy) is 1. The minimum atomic E-state index is -1.32. The Morgan fingerprint density at radius 2 is 1.64 bits per heavy atom. The smallest absolute Gasteiger partial charge is 0.250 e. The van der Waals surface area contributed by atoms with Crippen LogP contribution in [-0.4, -0.2) is 43.3 Å². The summed E-state index contributed by atoms with van der Waals surface area (Å²) in [5.74, 6) is -0.596. The molecule has 2 fully saturated rings. The standard InChI is InChI=1S/C29H27N3O4/c1-18-8-12-20(13-9-18)32-25(33)16-28(27(32)35)23(19-10-14-21(36-3)15-11-19)17-31(2)29(28)22-6-4-5-7-24(22)30-26(29)34/h4-15,23H,16-17H2,1-3H3,(H,30,34)/t23-,28+,29+/m1/s1. The van der Waals surface area contributed by atoms with Crippen LogP contribution in [-0.2, 0) is 19.9 Å². The second kappa shape index (κ2) is 7.77. The Bertz CT molecular complexity index is 1400. The third kappa shape index (κ3) is 2.69. The number of imide groups is 1. The third-order valence-electron chi connectivity index (χ3n) is 8.24. The molecule has 1 N–H and O–H groups in total. The molecule has 3 heterocycles. The second-order valence-corrected chi connectivity index (χ2v) is 9.93. The van der Waals surface area contributed by atoms with Crippen LogP contribution in [0.2, 0.25) is 0 Å². The molecule has 0 aliphatic carbocycles. The van der Waals surface area contributed by atoms with E-state index in [2.05, 4.69) is 5.32 Å². The highest BCUT2D eigenvalue weighted by Crippen LogP contribution is 2.66. The zero-order valence-corrected chi connectivity index (χ0v) is 20.4. The van der Waals surface area contributed by atoms with Crippen molar-refractivity contribution in [1.29, 1.82) is 0 Å². The summed E-state index contributed by atoms with van der Waals surface area (Å²) < 4.78 is 5.35. The van der Waals surface area contributed by atoms with Crippen molar-refractivity contribution >= 4 is 29.1 Å². The summed E-state index contributed by atoms with van der Waals surface area (Å²) in [4.78, 5) is 45.6. The van der Waals surface area contributed by atoms with Crippen LogP contribution in [0.5, 0.6) is 5.75 Å². The van der Waals surface area contributed by atoms with Crippen LogP contribution in [0.15, 0.2) is 72.8 Å². The van der Waals surface area contributed by atoms with Crippen LogP contribution in [0, 0.1) is 12.3 Å². The van der Waals surface area contributed by atoms with Gasteiger partial charge in [0, 0.05) is 30.1 Å². The van der Waals surface area contributed by atoms with Crippen LogP contribution in [0.3, 0.4) is 0 Å². The van der Waals surface area contributed by atoms with Crippen LogP contribution < -0.4 is 15.0 Å². The summed E-state index contributed by atoms with van der Waals surface area (Å²) in [5, 5.41) is 3.02. The molecule has 2 spiro atoms. The molecule has 3 aromatic rings. The minimum absolute atomic E-state index is 0.0670. The van der Waals surface area contributed by atoms with Crippen molar-refractivity contribution in [3.8, 4) is 5.75 Å². The van der Waals surface area contributed by atoms with E-state index in [4.69, 9.17) is 4.74 Å². The van der Waals surface area contributed by atoms with E-state index >= 15 is 0 Å². The van der Waals surface area contributed by atoms with Gasteiger partial charge in [-0.15, -0.1) is 0 Å². The van der Waals surface area contributed by atoms with Crippen molar-refractivity contribution in [1.82, 2.24) is 4.90 Å². The van der Waals surface area contributed by atoms with Crippen molar-refractivity contribution < 1.29 is 19.1 Å². The molecule has 2 saturated heterocycles. The molecule has 6 rings (SSSR count). The Morgan fingerprint density at radius 3 is 2.33 bits per heavy atom. The van der Waals surface area contributed by atoms with Gasteiger partial charge < -0.3 is 10.1 Å². The van der Waals surface area contributed by atoms with E-state index in [1.165, 1.54) is 4.90 Å². The van der Waals surface area contributed by atoms with Crippen molar-refractivity contribution in [2.24, 2.45) is 5.41 Å². The Kier molecular flexibility index (Phi) is 4.85. The lowest BCUT2D eigenvalue weighted by Crippen LogP contribution is -2.58. The Morgan fingerprint density at radius 1 is 0.944 bits per heavy atom. The number of carbonyl (C=O) groups excluding carboxylic acids is 3. The molecule has 0 radical (unpaired) electrons. The normalized spacial score (nSPS) is 27.2. The zero-order valence-electron chi connectivity index (χ0n) is 20.4. The number of nitrogens with zero attached hydrogens (tertiary/aromatic N) is 2. The summed E-state index contributed by atoms with van der Waals surface area (Å²) in [6, 6.07) is 22.4. The van der Waals surface area contributed by atoms with E-state index in [-0.39, 0.29) is 24.1 Å². The quantitative estimate of drug-likeness (QED) is 0.576. The molecule has 3 aliphatic heterocycles. The number of nitrogens with one attached hydrogen (secondary N) is 1. The Balaban J connectivity index is 1.60. The summed E-state index contributed by atoms with van der Waals surface area (Å²) in [6.07, 6.45) is -0.0670. The number of likely N-dealkylation sites (tertiary alicyclic amines) is 1. The number of methoxy groups -OCH3 is 1. The summed E-state index contributed by atoms with van der Waals surface area (Å²) in [5.41, 5.74) is 1.22. The minimum Gasteiger partial charge on any atom is -0.497 e. The summed E-state index contributed by atoms with van der Waals surface area (Å²) >= 11 is 0. The van der Waals surface area contributed by atoms with Crippen molar-refractivity contribution in [3.63, 3.8) is 0 Å². The maximum Gasteiger partial charge on any atom is 0.250 e. The molecule has 3 aromatic carbocycles. The van der Waals surface area contributed by atoms with Crippen LogP contribution in [0.4, 0.5) is 11.4 Å². The van der Waals surface area contributed by atoms with Gasteiger partial charge in [-0.25, -0.2) is 4.90 Å². The van der Waals surface area contributed by atoms with Gasteiger partial charge in [0.15, 0.2) is 0 Å². The summed E-state index contributed by atoms with van der Waals surface area (Å²) in [6.45, 7) is 2.40. The number of carbonyl (C=O) groups is 3. The van der Waals surface area contributed by atoms with Gasteiger partial charge in [-0.3, -0.25) is 19.3 Å². The number of likely N-dealkylation sites (N-methyl/N-ethyl adjacent to an activating group) is 1. The first-order chi connectivity index (χ1) is 17.3. The van der Waals surface area contributed by atoms with E-state index < -0.39 is 16.9 Å². The summed E-state index contributed by atoms with van der Waals surface area (Å²) in [7, 11) is 3.48. The predicted octanol–water partition coefficient (Wildman–Crippen LogP) is 3.83. The van der Waals surface area contributed by atoms with Gasteiger partial charge >= 0.3 is 0 Å². The van der Waals surface area contributed by atoms with Gasteiger partial charge in [0.1, 0.15) is 11.3 Å². The number of benzene rings is 3. The fourth-order valence-electron chi connectivity index (χ4n) is 6.67. The van der Waals surface area contributed by atoms with Crippen LogP contribution in [0.1, 0.15) is 29.0 Å². The van der Waals surface area contributed by atoms with Gasteiger partial charge in [0.2, 0.25) is 11.8 Å². The van der Waals surface area contributed by atoms with E-state index in [0.717, 1.165) is 16.7 Å². The number of rotatable bonds is 3. The molecule has 36 heavy (non-hydrogen) atoms. The molecular formula is C29H27N3O4. The molecule has 0 aromatic heterocycles. The number of anilines is 2. The first-order valence-corrected chi connectivity index (χ1v) is 12.0. The van der Waals surface area contributed by atoms with Crippen LogP contribution >= 0.6 is 0 Å². The Labute approximate surface area is 209 Å². The fourth-order valence-corrected chi connectivity index (χ4v) is 6.67. The highest BCUT2D eigenvalue weighted by molar-refractivity contribution is 6.26. The van der Waals surface area contributed by atoms with Crippen LogP contribution in [0.25, 0.3) is 0 Å². The number of amides is 3. The highest BCUT2D eigenvalue weighted by Gasteiger charge is 2.77. The van der Waals surface area contributed by atoms with Gasteiger partial charge in [0.05, 0.1) is 18.2 Å². The first-order valence-electron chi connectivity index (χ1n) is 12.0. The molecule has 182 valence electrons. The van der Waals surface area contributed by atoms with Crippen molar-refractivity contribution in [3.05, 3.63) is 89.5 Å². The van der Waals surface area contributed by atoms with Crippen molar-refractivity contribution in [2.45, 2.75) is 24.8 Å². The monoisotopic (exact) mass is 481 g/mol. The third-order valence-corrected chi connectivity index (χ3v) is 8.24. The van der Waals surface area contributed by atoms with E-state index in [0.29, 0.717) is 23.7 Å². The SMILES string of the molecule is COc1ccc([C@H]2CN(C)[C@@]3(C(=O)Nc4ccccc43)[C@@]23CC(=O)N(c2ccc(C)cc2)C3=O)cc1. The molecule has 0 bridgehead atoms. The molecule has 0 unspecified atom stereocenters. The predicted molar refractivity (Wildman–Crippen MR) is 136 cm³/mol. The van der Waals surface area contributed by atoms with Gasteiger partial charge in [-0.1, -0.05) is 48.0 Å². The van der Waals surface area contributed by atoms with E-state index in [1.807, 2.05) is 79.5 Å². The van der Waals surface area contributed by atoms with Crippen molar-refractivity contribution in [2.75, 3.05) is 30.9 Å². The van der Waals surface area contributed by atoms with Gasteiger partial charge in [-0.2, -0.15) is 0 Å². The average molecular weight is 482 g/mol. The number of para-hydroxylation sites is 1. The maximum absolute atomic E-state index is 14.7. The molecule has 3 aliphatic rings. The lowest BCUT2D eigenvalue weighted by Gasteiger charge is -2.42. The molecule has 7 heteroatoms. The van der Waals surface area contributed by atoms with E-state index in [1.54, 1.807) is 19.2 Å². The molecule has 0 saturated carbocycles.